The summed E-state index contributed by atoms with van der Waals surface area (Å²) in [7, 11) is -3.48. The monoisotopic (exact) mass is 311 g/mol. The number of benzene rings is 1. The van der Waals surface area contributed by atoms with Gasteiger partial charge in [-0.3, -0.25) is 4.98 Å². The molecule has 1 aromatic heterocycles. The van der Waals surface area contributed by atoms with E-state index in [1.165, 1.54) is 11.3 Å². The van der Waals surface area contributed by atoms with E-state index in [9.17, 15) is 8.42 Å². The number of thiazole rings is 1. The van der Waals surface area contributed by atoms with Crippen molar-refractivity contribution in [2.75, 3.05) is 11.9 Å². The van der Waals surface area contributed by atoms with Gasteiger partial charge >= 0.3 is 0 Å². The molecule has 0 fully saturated rings. The van der Waals surface area contributed by atoms with Gasteiger partial charge in [0.2, 0.25) is 10.0 Å². The normalized spacial score (nSPS) is 13.1. The number of anilines is 1. The highest BCUT2D eigenvalue weighted by Crippen LogP contribution is 2.26. The van der Waals surface area contributed by atoms with Crippen molar-refractivity contribution in [2.45, 2.75) is 24.8 Å². The predicted molar refractivity (Wildman–Crippen MR) is 81.5 cm³/mol. The molecule has 1 heterocycles. The third-order valence-electron chi connectivity index (χ3n) is 2.76. The van der Waals surface area contributed by atoms with Gasteiger partial charge in [0, 0.05) is 17.6 Å². The van der Waals surface area contributed by atoms with Crippen LogP contribution in [0.1, 0.15) is 24.8 Å². The minimum absolute atomic E-state index is 0.000441. The summed E-state index contributed by atoms with van der Waals surface area (Å²) in [6, 6.07) is 6.89. The van der Waals surface area contributed by atoms with E-state index in [0.29, 0.717) is 12.2 Å². The van der Waals surface area contributed by atoms with Gasteiger partial charge in [-0.05, 0) is 19.1 Å². The van der Waals surface area contributed by atoms with Crippen molar-refractivity contribution in [3.63, 3.8) is 0 Å². The number of hydrogen-bond donors (Lipinski definition) is 2. The molecule has 0 saturated carbocycles. The Morgan fingerprint density at radius 1 is 1.35 bits per heavy atom. The summed E-state index contributed by atoms with van der Waals surface area (Å²) in [4.78, 5) is 5.35. The van der Waals surface area contributed by atoms with Crippen molar-refractivity contribution in [2.24, 2.45) is 0 Å². The van der Waals surface area contributed by atoms with Gasteiger partial charge in [0.1, 0.15) is 4.90 Å². The molecule has 0 amide bonds. The molecule has 1 unspecified atom stereocenters. The van der Waals surface area contributed by atoms with E-state index < -0.39 is 10.0 Å². The van der Waals surface area contributed by atoms with E-state index in [2.05, 4.69) is 15.0 Å². The Morgan fingerprint density at radius 2 is 2.10 bits per heavy atom. The maximum Gasteiger partial charge on any atom is 0.242 e. The average Bonchev–Trinajstić information content (AvgIpc) is 2.93. The first kappa shape index (κ1) is 15.0. The van der Waals surface area contributed by atoms with Gasteiger partial charge in [-0.1, -0.05) is 19.1 Å². The molecule has 0 radical (unpaired) electrons. The fourth-order valence-electron chi connectivity index (χ4n) is 1.83. The van der Waals surface area contributed by atoms with Gasteiger partial charge in [0.15, 0.2) is 0 Å². The molecule has 0 spiro atoms. The molecule has 2 N–H and O–H groups in total. The van der Waals surface area contributed by atoms with Gasteiger partial charge in [0.25, 0.3) is 0 Å². The zero-order valence-corrected chi connectivity index (χ0v) is 13.0. The Labute approximate surface area is 123 Å². The fraction of sp³-hybridized carbons (Fsp3) is 0.308. The summed E-state index contributed by atoms with van der Waals surface area (Å²) >= 11 is 1.54. The molecule has 5 nitrogen and oxygen atoms in total. The minimum Gasteiger partial charge on any atom is -0.377 e. The van der Waals surface area contributed by atoms with E-state index in [-0.39, 0.29) is 10.9 Å². The number of para-hydroxylation sites is 1. The van der Waals surface area contributed by atoms with Crippen molar-refractivity contribution in [3.05, 3.63) is 40.8 Å². The van der Waals surface area contributed by atoms with E-state index in [4.69, 9.17) is 0 Å². The third kappa shape index (κ3) is 3.36. The molecule has 0 aliphatic carbocycles. The van der Waals surface area contributed by atoms with Crippen LogP contribution >= 0.6 is 11.3 Å². The van der Waals surface area contributed by atoms with Crippen molar-refractivity contribution < 1.29 is 8.42 Å². The summed E-state index contributed by atoms with van der Waals surface area (Å²) < 4.78 is 26.8. The standard InChI is InChI=1S/C13H17N3O2S2/c1-3-15-20(17,18)13-7-5-4-6-11(13)16-10(2)12-8-14-9-19-12/h4-10,15-16H,3H2,1-2H3. The highest BCUT2D eigenvalue weighted by atomic mass is 32.2. The van der Waals surface area contributed by atoms with Crippen LogP contribution in [0.4, 0.5) is 5.69 Å². The molecule has 108 valence electrons. The van der Waals surface area contributed by atoms with Crippen molar-refractivity contribution in [3.8, 4) is 0 Å². The molecule has 2 aromatic rings. The van der Waals surface area contributed by atoms with Gasteiger partial charge in [0.05, 0.1) is 17.2 Å². The fourth-order valence-corrected chi connectivity index (χ4v) is 3.67. The molecule has 0 aliphatic rings. The van der Waals surface area contributed by atoms with Crippen LogP contribution in [-0.2, 0) is 10.0 Å². The second kappa shape index (κ2) is 6.34. The van der Waals surface area contributed by atoms with Crippen LogP contribution in [0, 0.1) is 0 Å². The first-order chi connectivity index (χ1) is 9.54. The van der Waals surface area contributed by atoms with Crippen LogP contribution in [0.15, 0.2) is 40.9 Å². The van der Waals surface area contributed by atoms with Crippen LogP contribution < -0.4 is 10.0 Å². The van der Waals surface area contributed by atoms with Crippen LogP contribution in [0.25, 0.3) is 0 Å². The summed E-state index contributed by atoms with van der Waals surface area (Å²) in [6.07, 6.45) is 1.78. The van der Waals surface area contributed by atoms with E-state index in [1.807, 2.05) is 13.0 Å². The van der Waals surface area contributed by atoms with E-state index in [1.54, 1.807) is 36.8 Å². The molecular weight excluding hydrogens is 294 g/mol. The van der Waals surface area contributed by atoms with Crippen LogP contribution in [0.3, 0.4) is 0 Å². The van der Waals surface area contributed by atoms with Gasteiger partial charge in [-0.25, -0.2) is 13.1 Å². The molecule has 7 heteroatoms. The first-order valence-electron chi connectivity index (χ1n) is 6.28. The Hall–Kier alpha value is -1.44. The number of rotatable bonds is 6. The van der Waals surface area contributed by atoms with E-state index in [0.717, 1.165) is 4.88 Å². The topological polar surface area (TPSA) is 71.1 Å². The number of sulfonamides is 1. The van der Waals surface area contributed by atoms with Gasteiger partial charge in [-0.15, -0.1) is 11.3 Å². The van der Waals surface area contributed by atoms with Crippen molar-refractivity contribution in [1.82, 2.24) is 9.71 Å². The van der Waals surface area contributed by atoms with E-state index >= 15 is 0 Å². The summed E-state index contributed by atoms with van der Waals surface area (Å²) in [5, 5.41) is 3.23. The number of nitrogens with one attached hydrogen (secondary N) is 2. The van der Waals surface area contributed by atoms with Gasteiger partial charge < -0.3 is 5.32 Å². The zero-order chi connectivity index (χ0) is 14.6. The lowest BCUT2D eigenvalue weighted by Crippen LogP contribution is -2.24. The Kier molecular flexibility index (Phi) is 4.74. The Morgan fingerprint density at radius 3 is 2.75 bits per heavy atom. The second-order valence-electron chi connectivity index (χ2n) is 4.27. The zero-order valence-electron chi connectivity index (χ0n) is 11.3. The van der Waals surface area contributed by atoms with Crippen LogP contribution in [0.2, 0.25) is 0 Å². The number of hydrogen-bond acceptors (Lipinski definition) is 5. The van der Waals surface area contributed by atoms with Crippen molar-refractivity contribution >= 4 is 27.0 Å². The average molecular weight is 311 g/mol. The quantitative estimate of drug-likeness (QED) is 0.860. The van der Waals surface area contributed by atoms with Crippen molar-refractivity contribution in [1.29, 1.82) is 0 Å². The smallest absolute Gasteiger partial charge is 0.242 e. The summed E-state index contributed by atoms with van der Waals surface area (Å²) in [5.41, 5.74) is 2.35. The lowest BCUT2D eigenvalue weighted by molar-refractivity contribution is 0.584. The molecule has 1 atom stereocenters. The first-order valence-corrected chi connectivity index (χ1v) is 8.64. The molecule has 1 aromatic carbocycles. The maximum absolute atomic E-state index is 12.2. The molecule has 0 aliphatic heterocycles. The highest BCUT2D eigenvalue weighted by Gasteiger charge is 2.18. The second-order valence-corrected chi connectivity index (χ2v) is 6.92. The number of nitrogens with zero attached hydrogens (tertiary/aromatic N) is 1. The Bertz CT molecular complexity index is 654. The molecule has 0 bridgehead atoms. The SMILES string of the molecule is CCNS(=O)(=O)c1ccccc1NC(C)c1cncs1. The largest absolute Gasteiger partial charge is 0.377 e. The Balaban J connectivity index is 2.29. The molecule has 0 saturated heterocycles. The maximum atomic E-state index is 12.2. The molecular formula is C13H17N3O2S2. The van der Waals surface area contributed by atoms with Crippen LogP contribution in [-0.4, -0.2) is 19.9 Å². The molecule has 2 rings (SSSR count). The highest BCUT2D eigenvalue weighted by molar-refractivity contribution is 7.89. The van der Waals surface area contributed by atoms with Crippen LogP contribution in [0.5, 0.6) is 0 Å². The minimum atomic E-state index is -3.48. The third-order valence-corrected chi connectivity index (χ3v) is 5.32. The van der Waals surface area contributed by atoms with Gasteiger partial charge in [-0.2, -0.15) is 0 Å². The predicted octanol–water partition coefficient (Wildman–Crippen LogP) is 2.61. The number of aromatic nitrogens is 1. The summed E-state index contributed by atoms with van der Waals surface area (Å²) in [5.74, 6) is 0. The lowest BCUT2D eigenvalue weighted by Gasteiger charge is -2.17. The summed E-state index contributed by atoms with van der Waals surface area (Å²) in [6.45, 7) is 4.10. The lowest BCUT2D eigenvalue weighted by atomic mass is 10.2. The molecule has 20 heavy (non-hydrogen) atoms.